The number of aryl methyl sites for hydroxylation is 1. The van der Waals surface area contributed by atoms with E-state index in [1.165, 1.54) is 0 Å². The third-order valence-corrected chi connectivity index (χ3v) is 3.45. The van der Waals surface area contributed by atoms with Crippen molar-refractivity contribution in [1.82, 2.24) is 25.4 Å². The fourth-order valence-corrected chi connectivity index (χ4v) is 2.32. The number of hydrogen-bond donors (Lipinski definition) is 3. The summed E-state index contributed by atoms with van der Waals surface area (Å²) >= 11 is 0. The zero-order valence-corrected chi connectivity index (χ0v) is 14.0. The van der Waals surface area contributed by atoms with Gasteiger partial charge in [0, 0.05) is 24.8 Å². The second-order valence-electron chi connectivity index (χ2n) is 5.36. The normalized spacial score (nSPS) is 11.6. The van der Waals surface area contributed by atoms with Crippen LogP contribution in [0.3, 0.4) is 0 Å². The third kappa shape index (κ3) is 4.31. The molecular weight excluding hydrogens is 308 g/mol. The Hall–Kier alpha value is -2.90. The van der Waals surface area contributed by atoms with Gasteiger partial charge in [-0.25, -0.2) is 4.79 Å². The van der Waals surface area contributed by atoms with Gasteiger partial charge in [-0.3, -0.25) is 4.79 Å². The SMILES string of the molecule is CCCn1cnnc1[C@@H](C)NC(=O)Nc1cccc(C(=O)NC)c1. The Morgan fingerprint density at radius 2 is 2.12 bits per heavy atom. The molecule has 0 aliphatic rings. The van der Waals surface area contributed by atoms with Crippen LogP contribution in [0.25, 0.3) is 0 Å². The van der Waals surface area contributed by atoms with E-state index < -0.39 is 0 Å². The third-order valence-electron chi connectivity index (χ3n) is 3.45. The molecule has 0 saturated heterocycles. The Morgan fingerprint density at radius 1 is 1.33 bits per heavy atom. The largest absolute Gasteiger partial charge is 0.355 e. The Bertz CT molecular complexity index is 712. The second kappa shape index (κ2) is 8.09. The van der Waals surface area contributed by atoms with E-state index in [9.17, 15) is 9.59 Å². The Labute approximate surface area is 140 Å². The molecule has 0 aliphatic heterocycles. The van der Waals surface area contributed by atoms with E-state index in [1.54, 1.807) is 37.6 Å². The number of nitrogens with zero attached hydrogens (tertiary/aromatic N) is 3. The van der Waals surface area contributed by atoms with Gasteiger partial charge in [0.05, 0.1) is 6.04 Å². The molecule has 0 fully saturated rings. The van der Waals surface area contributed by atoms with Gasteiger partial charge in [0.15, 0.2) is 5.82 Å². The summed E-state index contributed by atoms with van der Waals surface area (Å²) in [4.78, 5) is 23.8. The standard InChI is InChI=1S/C16H22N6O2/c1-4-8-22-10-18-21-14(22)11(2)19-16(24)20-13-7-5-6-12(9-13)15(23)17-3/h5-7,9-11H,4,8H2,1-3H3,(H,17,23)(H2,19,20,24)/t11-/m1/s1. The summed E-state index contributed by atoms with van der Waals surface area (Å²) in [5.41, 5.74) is 1.02. The Balaban J connectivity index is 2.00. The summed E-state index contributed by atoms with van der Waals surface area (Å²) < 4.78 is 1.91. The van der Waals surface area contributed by atoms with Crippen molar-refractivity contribution in [2.75, 3.05) is 12.4 Å². The maximum Gasteiger partial charge on any atom is 0.319 e. The number of nitrogens with one attached hydrogen (secondary N) is 3. The van der Waals surface area contributed by atoms with Crippen molar-refractivity contribution >= 4 is 17.6 Å². The van der Waals surface area contributed by atoms with Crippen LogP contribution in [0.4, 0.5) is 10.5 Å². The minimum atomic E-state index is -0.373. The molecule has 0 bridgehead atoms. The van der Waals surface area contributed by atoms with Gasteiger partial charge >= 0.3 is 6.03 Å². The molecule has 2 aromatic rings. The predicted molar refractivity (Wildman–Crippen MR) is 90.7 cm³/mol. The van der Waals surface area contributed by atoms with Crippen LogP contribution in [0.15, 0.2) is 30.6 Å². The Kier molecular flexibility index (Phi) is 5.89. The van der Waals surface area contributed by atoms with Crippen LogP contribution >= 0.6 is 0 Å². The zero-order valence-electron chi connectivity index (χ0n) is 14.0. The van der Waals surface area contributed by atoms with Gasteiger partial charge in [0.1, 0.15) is 6.33 Å². The summed E-state index contributed by atoms with van der Waals surface area (Å²) in [6, 6.07) is 6.06. The van der Waals surface area contributed by atoms with E-state index in [-0.39, 0.29) is 18.0 Å². The summed E-state index contributed by atoms with van der Waals surface area (Å²) in [6.07, 6.45) is 2.61. The fraction of sp³-hybridized carbons (Fsp3) is 0.375. The van der Waals surface area contributed by atoms with Crippen LogP contribution in [0.2, 0.25) is 0 Å². The molecule has 0 radical (unpaired) electrons. The molecule has 0 spiro atoms. The highest BCUT2D eigenvalue weighted by molar-refractivity contribution is 5.96. The average Bonchev–Trinajstić information content (AvgIpc) is 3.03. The molecule has 1 aromatic carbocycles. The second-order valence-corrected chi connectivity index (χ2v) is 5.36. The van der Waals surface area contributed by atoms with Crippen molar-refractivity contribution in [1.29, 1.82) is 0 Å². The lowest BCUT2D eigenvalue weighted by molar-refractivity contribution is 0.0963. The summed E-state index contributed by atoms with van der Waals surface area (Å²) in [7, 11) is 1.56. The highest BCUT2D eigenvalue weighted by Gasteiger charge is 2.15. The number of rotatable bonds is 6. The van der Waals surface area contributed by atoms with E-state index in [4.69, 9.17) is 0 Å². The number of amides is 3. The van der Waals surface area contributed by atoms with Crippen molar-refractivity contribution in [3.05, 3.63) is 42.0 Å². The van der Waals surface area contributed by atoms with Crippen LogP contribution in [0.5, 0.6) is 0 Å². The van der Waals surface area contributed by atoms with Gasteiger partial charge < -0.3 is 20.5 Å². The van der Waals surface area contributed by atoms with E-state index in [0.717, 1.165) is 13.0 Å². The maximum atomic E-state index is 12.2. The fourth-order valence-electron chi connectivity index (χ4n) is 2.32. The van der Waals surface area contributed by atoms with Crippen molar-refractivity contribution in [2.45, 2.75) is 32.9 Å². The topological polar surface area (TPSA) is 101 Å². The van der Waals surface area contributed by atoms with Gasteiger partial charge in [-0.05, 0) is 31.5 Å². The molecule has 24 heavy (non-hydrogen) atoms. The van der Waals surface area contributed by atoms with Crippen LogP contribution < -0.4 is 16.0 Å². The highest BCUT2D eigenvalue weighted by atomic mass is 16.2. The number of urea groups is 1. The zero-order chi connectivity index (χ0) is 17.5. The molecule has 2 rings (SSSR count). The van der Waals surface area contributed by atoms with E-state index in [2.05, 4.69) is 33.1 Å². The lowest BCUT2D eigenvalue weighted by atomic mass is 10.2. The molecule has 3 N–H and O–H groups in total. The molecule has 0 aliphatic carbocycles. The minimum absolute atomic E-state index is 0.208. The molecular formula is C16H22N6O2. The quantitative estimate of drug-likeness (QED) is 0.753. The lowest BCUT2D eigenvalue weighted by Gasteiger charge is -2.15. The number of carbonyl (C=O) groups excluding carboxylic acids is 2. The number of anilines is 1. The molecule has 8 heteroatoms. The molecule has 1 atom stereocenters. The van der Waals surface area contributed by atoms with Crippen molar-refractivity contribution in [3.8, 4) is 0 Å². The number of hydrogen-bond acceptors (Lipinski definition) is 4. The van der Waals surface area contributed by atoms with Crippen LogP contribution in [-0.2, 0) is 6.54 Å². The van der Waals surface area contributed by atoms with Crippen LogP contribution in [0, 0.1) is 0 Å². The van der Waals surface area contributed by atoms with Gasteiger partial charge in [-0.1, -0.05) is 13.0 Å². The Morgan fingerprint density at radius 3 is 2.83 bits per heavy atom. The first-order valence-electron chi connectivity index (χ1n) is 7.82. The smallest absolute Gasteiger partial charge is 0.319 e. The van der Waals surface area contributed by atoms with Gasteiger partial charge in [0.2, 0.25) is 0 Å². The molecule has 128 valence electrons. The summed E-state index contributed by atoms with van der Waals surface area (Å²) in [6.45, 7) is 4.70. The van der Waals surface area contributed by atoms with E-state index in [1.807, 2.05) is 11.5 Å². The van der Waals surface area contributed by atoms with Gasteiger partial charge in [-0.15, -0.1) is 10.2 Å². The van der Waals surface area contributed by atoms with Gasteiger partial charge in [-0.2, -0.15) is 0 Å². The average molecular weight is 330 g/mol. The van der Waals surface area contributed by atoms with Gasteiger partial charge in [0.25, 0.3) is 5.91 Å². The van der Waals surface area contributed by atoms with Crippen LogP contribution in [-0.4, -0.2) is 33.8 Å². The summed E-state index contributed by atoms with van der Waals surface area (Å²) in [5, 5.41) is 16.0. The van der Waals surface area contributed by atoms with Crippen molar-refractivity contribution < 1.29 is 9.59 Å². The van der Waals surface area contributed by atoms with Crippen molar-refractivity contribution in [3.63, 3.8) is 0 Å². The first-order chi connectivity index (χ1) is 11.5. The maximum absolute atomic E-state index is 12.2. The number of carbonyl (C=O) groups is 2. The van der Waals surface area contributed by atoms with E-state index >= 15 is 0 Å². The van der Waals surface area contributed by atoms with E-state index in [0.29, 0.717) is 17.1 Å². The van der Waals surface area contributed by atoms with Crippen LogP contribution in [0.1, 0.15) is 42.5 Å². The summed E-state index contributed by atoms with van der Waals surface area (Å²) in [5.74, 6) is 0.492. The lowest BCUT2D eigenvalue weighted by Crippen LogP contribution is -2.32. The monoisotopic (exact) mass is 330 g/mol. The van der Waals surface area contributed by atoms with Crippen molar-refractivity contribution in [2.24, 2.45) is 0 Å². The number of benzene rings is 1. The molecule has 8 nitrogen and oxygen atoms in total. The first kappa shape index (κ1) is 17.5. The molecule has 1 aromatic heterocycles. The molecule has 0 unspecified atom stereocenters. The predicted octanol–water partition coefficient (Wildman–Crippen LogP) is 1.93. The molecule has 3 amide bonds. The molecule has 1 heterocycles. The number of aromatic nitrogens is 3. The minimum Gasteiger partial charge on any atom is -0.355 e. The highest BCUT2D eigenvalue weighted by Crippen LogP contribution is 2.13. The molecule has 0 saturated carbocycles. The first-order valence-corrected chi connectivity index (χ1v) is 7.82.